The first-order chi connectivity index (χ1) is 13.5. The number of rotatable bonds is 8. The summed E-state index contributed by atoms with van der Waals surface area (Å²) >= 11 is 3.38. The second-order valence-electron chi connectivity index (χ2n) is 5.95. The van der Waals surface area contributed by atoms with Gasteiger partial charge in [0, 0.05) is 7.05 Å². The van der Waals surface area contributed by atoms with E-state index in [0.29, 0.717) is 5.70 Å². The van der Waals surface area contributed by atoms with E-state index in [9.17, 15) is 10.1 Å². The van der Waals surface area contributed by atoms with Gasteiger partial charge in [-0.25, -0.2) is 4.99 Å². The highest BCUT2D eigenvalue weighted by Gasteiger charge is 2.24. The topological polar surface area (TPSA) is 56.5 Å². The van der Waals surface area contributed by atoms with Gasteiger partial charge in [-0.05, 0) is 53.8 Å². The van der Waals surface area contributed by atoms with Gasteiger partial charge in [-0.3, -0.25) is 4.79 Å². The van der Waals surface area contributed by atoms with Crippen LogP contribution in [0.15, 0.2) is 64.9 Å². The summed E-state index contributed by atoms with van der Waals surface area (Å²) in [4.78, 5) is 18.9. The molecule has 0 spiro atoms. The van der Waals surface area contributed by atoms with Crippen molar-refractivity contribution in [1.82, 2.24) is 4.90 Å². The molecule has 1 unspecified atom stereocenters. The van der Waals surface area contributed by atoms with Gasteiger partial charge in [0.1, 0.15) is 11.6 Å². The zero-order chi connectivity index (χ0) is 21.5. The quantitative estimate of drug-likeness (QED) is 0.251. The lowest BCUT2D eigenvalue weighted by Gasteiger charge is -2.29. The Morgan fingerprint density at radius 2 is 2.18 bits per heavy atom. The number of nitrogens with zero attached hydrogens (tertiary/aromatic N) is 3. The molecule has 152 valence electrons. The average Bonchev–Trinajstić information content (AvgIpc) is 2.70. The molecule has 0 aromatic heterocycles. The zero-order valence-corrected chi connectivity index (χ0v) is 19.3. The Morgan fingerprint density at radius 1 is 1.50 bits per heavy atom. The summed E-state index contributed by atoms with van der Waals surface area (Å²) < 4.78 is 0.831. The monoisotopic (exact) mass is 445 g/mol. The third kappa shape index (κ3) is 8.22. The Bertz CT molecular complexity index is 721. The van der Waals surface area contributed by atoms with Crippen molar-refractivity contribution >= 4 is 26.5 Å². The number of amides is 1. The molecule has 0 bridgehead atoms. The molecule has 1 atom stereocenters. The first-order valence-electron chi connectivity index (χ1n) is 9.75. The van der Waals surface area contributed by atoms with E-state index < -0.39 is 0 Å². The normalized spacial score (nSPS) is 15.6. The molecule has 1 amide bonds. The van der Waals surface area contributed by atoms with Gasteiger partial charge in [-0.2, -0.15) is 5.26 Å². The van der Waals surface area contributed by atoms with E-state index in [0.717, 1.165) is 35.9 Å². The minimum Gasteiger partial charge on any atom is -0.334 e. The van der Waals surface area contributed by atoms with Gasteiger partial charge in [0.05, 0.1) is 16.4 Å². The van der Waals surface area contributed by atoms with Gasteiger partial charge in [-0.15, -0.1) is 0 Å². The molecule has 1 aliphatic heterocycles. The zero-order valence-electron chi connectivity index (χ0n) is 17.7. The highest BCUT2D eigenvalue weighted by Crippen LogP contribution is 2.21. The summed E-state index contributed by atoms with van der Waals surface area (Å²) in [5.74, 6) is -0.303. The number of carbonyl (C=O) groups excluding carboxylic acids is 1. The number of carbonyl (C=O) groups is 1. The molecule has 1 rings (SSSR count). The van der Waals surface area contributed by atoms with Crippen molar-refractivity contribution in [3.8, 4) is 6.07 Å². The number of allylic oxidation sites excluding steroid dienone is 5. The second-order valence-corrected chi connectivity index (χ2v) is 6.86. The van der Waals surface area contributed by atoms with Gasteiger partial charge in [0.15, 0.2) is 0 Å². The lowest BCUT2D eigenvalue weighted by Crippen LogP contribution is -2.38. The van der Waals surface area contributed by atoms with Crippen molar-refractivity contribution in [2.24, 2.45) is 4.99 Å². The summed E-state index contributed by atoms with van der Waals surface area (Å²) in [5, 5.41) is 9.50. The number of halogens is 1. The average molecular weight is 446 g/mol. The van der Waals surface area contributed by atoms with E-state index in [2.05, 4.69) is 34.4 Å². The lowest BCUT2D eigenvalue weighted by molar-refractivity contribution is -0.126. The molecule has 0 radical (unpaired) electrons. The van der Waals surface area contributed by atoms with Crippen molar-refractivity contribution in [3.63, 3.8) is 0 Å². The lowest BCUT2D eigenvalue weighted by atomic mass is 9.99. The minimum atomic E-state index is -0.303. The maximum atomic E-state index is 12.9. The van der Waals surface area contributed by atoms with Crippen LogP contribution >= 0.6 is 15.9 Å². The Kier molecular flexibility index (Phi) is 13.7. The summed E-state index contributed by atoms with van der Waals surface area (Å²) in [7, 11) is 1.74. The fraction of sp³-hybridized carbons (Fsp3) is 0.435. The molecular formula is C23H32BrN3O. The van der Waals surface area contributed by atoms with Crippen LogP contribution in [0.25, 0.3) is 0 Å². The first kappa shape index (κ1) is 25.8. The molecule has 5 heteroatoms. The first-order valence-corrected chi connectivity index (χ1v) is 10.5. The van der Waals surface area contributed by atoms with Crippen LogP contribution in [0.2, 0.25) is 0 Å². The molecule has 0 fully saturated rings. The van der Waals surface area contributed by atoms with E-state index in [1.165, 1.54) is 0 Å². The second kappa shape index (κ2) is 14.8. The summed E-state index contributed by atoms with van der Waals surface area (Å²) in [5.41, 5.74) is 1.73. The molecule has 0 N–H and O–H groups in total. The van der Waals surface area contributed by atoms with Crippen LogP contribution in [0, 0.1) is 11.3 Å². The summed E-state index contributed by atoms with van der Waals surface area (Å²) in [6.07, 6.45) is 14.4. The van der Waals surface area contributed by atoms with Crippen LogP contribution in [0.4, 0.5) is 0 Å². The standard InChI is InChI=1S/C21H26BrN3O.C2H6/c1-5-9-16(10-6-2)19(11-7-3)25(4)21(26)17(15-23)14-18-12-8-13-20(22)24-18;1-2/h5-6,9-10,12,14,19H,1,7-8,11,13H2,2-4H3;1-2H3/b10-6-,16-9+,17-14+;. The Balaban J connectivity index is 0.00000352. The van der Waals surface area contributed by atoms with Crippen LogP contribution in [-0.4, -0.2) is 28.5 Å². The van der Waals surface area contributed by atoms with Gasteiger partial charge < -0.3 is 4.90 Å². The maximum Gasteiger partial charge on any atom is 0.264 e. The highest BCUT2D eigenvalue weighted by molar-refractivity contribution is 9.18. The number of hydrogen-bond acceptors (Lipinski definition) is 3. The van der Waals surface area contributed by atoms with E-state index in [-0.39, 0.29) is 17.5 Å². The van der Waals surface area contributed by atoms with E-state index in [1.54, 1.807) is 24.1 Å². The Hall–Kier alpha value is -2.19. The Morgan fingerprint density at radius 3 is 2.68 bits per heavy atom. The van der Waals surface area contributed by atoms with Crippen LogP contribution in [0.1, 0.15) is 53.4 Å². The van der Waals surface area contributed by atoms with E-state index in [1.807, 2.05) is 51.1 Å². The molecule has 0 aromatic rings. The molecule has 4 nitrogen and oxygen atoms in total. The Labute approximate surface area is 178 Å². The molecule has 0 aliphatic carbocycles. The van der Waals surface area contributed by atoms with Crippen LogP contribution in [0.3, 0.4) is 0 Å². The predicted molar refractivity (Wildman–Crippen MR) is 123 cm³/mol. The SMILES string of the molecule is C=C/C=C(\C=C/C)C(CCC)N(C)C(=O)/C(C#N)=C/C1=CCCC(Br)=N1.CC. The van der Waals surface area contributed by atoms with Gasteiger partial charge in [-0.1, -0.05) is 64.2 Å². The highest BCUT2D eigenvalue weighted by atomic mass is 79.9. The van der Waals surface area contributed by atoms with Crippen molar-refractivity contribution in [1.29, 1.82) is 5.26 Å². The largest absolute Gasteiger partial charge is 0.334 e. The number of hydrogen-bond donors (Lipinski definition) is 0. The summed E-state index contributed by atoms with van der Waals surface area (Å²) in [6.45, 7) is 11.8. The van der Waals surface area contributed by atoms with Crippen molar-refractivity contribution < 1.29 is 4.79 Å². The van der Waals surface area contributed by atoms with Gasteiger partial charge >= 0.3 is 0 Å². The maximum absolute atomic E-state index is 12.9. The van der Waals surface area contributed by atoms with Crippen LogP contribution < -0.4 is 0 Å². The van der Waals surface area contributed by atoms with Crippen molar-refractivity contribution in [3.05, 3.63) is 59.9 Å². The molecule has 1 aliphatic rings. The molecular weight excluding hydrogens is 414 g/mol. The third-order valence-corrected chi connectivity index (χ3v) is 4.58. The molecule has 0 saturated carbocycles. The van der Waals surface area contributed by atoms with Crippen molar-refractivity contribution in [2.45, 2.75) is 59.4 Å². The minimum absolute atomic E-state index is 0.0873. The molecule has 0 saturated heterocycles. The van der Waals surface area contributed by atoms with Crippen molar-refractivity contribution in [2.75, 3.05) is 7.05 Å². The van der Waals surface area contributed by atoms with Gasteiger partial charge in [0.2, 0.25) is 0 Å². The van der Waals surface area contributed by atoms with E-state index >= 15 is 0 Å². The van der Waals surface area contributed by atoms with Crippen LogP contribution in [0.5, 0.6) is 0 Å². The fourth-order valence-electron chi connectivity index (χ4n) is 2.76. The summed E-state index contributed by atoms with van der Waals surface area (Å²) in [6, 6.07) is 1.91. The number of likely N-dealkylation sites (N-methyl/N-ethyl adjacent to an activating group) is 1. The molecule has 1 heterocycles. The molecule has 0 aromatic carbocycles. The smallest absolute Gasteiger partial charge is 0.264 e. The van der Waals surface area contributed by atoms with E-state index in [4.69, 9.17) is 0 Å². The predicted octanol–water partition coefficient (Wildman–Crippen LogP) is 6.25. The number of aliphatic imine (C=N–C) groups is 1. The number of nitriles is 1. The third-order valence-electron chi connectivity index (χ3n) is 4.00. The van der Waals surface area contributed by atoms with Crippen LogP contribution in [-0.2, 0) is 4.79 Å². The fourth-order valence-corrected chi connectivity index (χ4v) is 3.19. The van der Waals surface area contributed by atoms with Gasteiger partial charge in [0.25, 0.3) is 5.91 Å². The molecule has 28 heavy (non-hydrogen) atoms.